The van der Waals surface area contributed by atoms with Gasteiger partial charge in [0.15, 0.2) is 0 Å². The molecule has 0 bridgehead atoms. The third-order valence-electron chi connectivity index (χ3n) is 4.24. The largest absolute Gasteiger partial charge is 0.370 e. The zero-order valence-corrected chi connectivity index (χ0v) is 13.2. The van der Waals surface area contributed by atoms with E-state index in [0.717, 1.165) is 36.5 Å². The summed E-state index contributed by atoms with van der Waals surface area (Å²) >= 11 is 0. The molecule has 0 radical (unpaired) electrons. The first-order valence-electron chi connectivity index (χ1n) is 8.10. The fraction of sp³-hybridized carbons (Fsp3) is 0.278. The molecule has 1 aliphatic heterocycles. The minimum atomic E-state index is -0.0164. The van der Waals surface area contributed by atoms with Crippen LogP contribution in [0.4, 0.5) is 0 Å². The average Bonchev–Trinajstić information content (AvgIpc) is 3.30. The minimum absolute atomic E-state index is 0.0164. The molecule has 3 heterocycles. The number of nitrogens with one attached hydrogen (secondary N) is 1. The van der Waals surface area contributed by atoms with Crippen LogP contribution in [0, 0.1) is 0 Å². The summed E-state index contributed by atoms with van der Waals surface area (Å²) < 4.78 is 7.96. The Labute approximate surface area is 140 Å². The van der Waals surface area contributed by atoms with E-state index in [-0.39, 0.29) is 12.1 Å². The number of para-hydroxylation sites is 1. The smallest absolute Gasteiger partial charge is 0.115 e. The summed E-state index contributed by atoms with van der Waals surface area (Å²) in [5.74, 6) is 0. The summed E-state index contributed by atoms with van der Waals surface area (Å²) in [4.78, 5) is 8.11. The highest BCUT2D eigenvalue weighted by molar-refractivity contribution is 5.33. The highest BCUT2D eigenvalue weighted by Crippen LogP contribution is 2.30. The molecule has 2 aromatic heterocycles. The monoisotopic (exact) mass is 321 g/mol. The molecule has 4 rings (SSSR count). The van der Waals surface area contributed by atoms with Crippen molar-refractivity contribution >= 4 is 0 Å². The molecule has 6 nitrogen and oxygen atoms in total. The van der Waals surface area contributed by atoms with Gasteiger partial charge < -0.3 is 10.1 Å². The quantitative estimate of drug-likeness (QED) is 0.781. The minimum Gasteiger partial charge on any atom is -0.370 e. The van der Waals surface area contributed by atoms with Gasteiger partial charge in [0.2, 0.25) is 0 Å². The van der Waals surface area contributed by atoms with Crippen molar-refractivity contribution in [2.75, 3.05) is 6.61 Å². The van der Waals surface area contributed by atoms with Crippen LogP contribution in [0.15, 0.2) is 61.3 Å². The maximum absolute atomic E-state index is 6.01. The van der Waals surface area contributed by atoms with Crippen molar-refractivity contribution in [2.45, 2.75) is 25.1 Å². The SMILES string of the molecule is c1ccc(-n2nccc2[C@H]2OCC[C@@H]2NCc2cncnc2)cc1. The van der Waals surface area contributed by atoms with Crippen LogP contribution in [0.5, 0.6) is 0 Å². The van der Waals surface area contributed by atoms with E-state index in [0.29, 0.717) is 0 Å². The van der Waals surface area contributed by atoms with Crippen LogP contribution in [-0.2, 0) is 11.3 Å². The molecule has 6 heteroatoms. The van der Waals surface area contributed by atoms with Crippen LogP contribution >= 0.6 is 0 Å². The molecular weight excluding hydrogens is 302 g/mol. The van der Waals surface area contributed by atoms with E-state index in [2.05, 4.69) is 32.5 Å². The van der Waals surface area contributed by atoms with Gasteiger partial charge in [-0.1, -0.05) is 18.2 Å². The van der Waals surface area contributed by atoms with Gasteiger partial charge in [-0.05, 0) is 24.6 Å². The van der Waals surface area contributed by atoms with Gasteiger partial charge >= 0.3 is 0 Å². The van der Waals surface area contributed by atoms with Crippen molar-refractivity contribution in [3.8, 4) is 5.69 Å². The summed E-state index contributed by atoms with van der Waals surface area (Å²) in [6.45, 7) is 1.47. The zero-order valence-electron chi connectivity index (χ0n) is 13.2. The highest BCUT2D eigenvalue weighted by atomic mass is 16.5. The van der Waals surface area contributed by atoms with Crippen molar-refractivity contribution < 1.29 is 4.74 Å². The third kappa shape index (κ3) is 3.06. The summed E-state index contributed by atoms with van der Waals surface area (Å²) in [7, 11) is 0. The molecule has 0 spiro atoms. The first-order valence-corrected chi connectivity index (χ1v) is 8.10. The molecule has 1 N–H and O–H groups in total. The number of nitrogens with zero attached hydrogens (tertiary/aromatic N) is 4. The number of benzene rings is 1. The predicted molar refractivity (Wildman–Crippen MR) is 89.5 cm³/mol. The zero-order chi connectivity index (χ0) is 16.2. The van der Waals surface area contributed by atoms with E-state index < -0.39 is 0 Å². The molecule has 0 saturated carbocycles. The fourth-order valence-electron chi connectivity index (χ4n) is 3.07. The van der Waals surface area contributed by atoms with Crippen LogP contribution in [0.3, 0.4) is 0 Å². The van der Waals surface area contributed by atoms with Gasteiger partial charge in [0.05, 0.1) is 11.4 Å². The lowest BCUT2D eigenvalue weighted by Gasteiger charge is -2.21. The Bertz CT molecular complexity index is 774. The first-order chi connectivity index (χ1) is 11.9. The maximum Gasteiger partial charge on any atom is 0.115 e. The molecule has 1 aromatic carbocycles. The molecule has 2 atom stereocenters. The van der Waals surface area contributed by atoms with Crippen LogP contribution in [0.2, 0.25) is 0 Å². The van der Waals surface area contributed by atoms with Gasteiger partial charge in [0, 0.05) is 43.3 Å². The number of rotatable bonds is 5. The van der Waals surface area contributed by atoms with Gasteiger partial charge in [-0.15, -0.1) is 0 Å². The Hall–Kier alpha value is -2.57. The topological polar surface area (TPSA) is 64.9 Å². The average molecular weight is 321 g/mol. The van der Waals surface area contributed by atoms with Crippen molar-refractivity contribution in [1.82, 2.24) is 25.1 Å². The normalized spacial score (nSPS) is 20.3. The Balaban J connectivity index is 1.52. The van der Waals surface area contributed by atoms with Gasteiger partial charge in [-0.25, -0.2) is 14.6 Å². The summed E-state index contributed by atoms with van der Waals surface area (Å²) in [5.41, 5.74) is 3.18. The fourth-order valence-corrected chi connectivity index (χ4v) is 3.07. The number of hydrogen-bond acceptors (Lipinski definition) is 5. The van der Waals surface area contributed by atoms with Crippen LogP contribution in [0.25, 0.3) is 5.69 Å². The second-order valence-corrected chi connectivity index (χ2v) is 5.82. The molecule has 122 valence electrons. The van der Waals surface area contributed by atoms with Crippen molar-refractivity contribution in [3.63, 3.8) is 0 Å². The maximum atomic E-state index is 6.01. The van der Waals surface area contributed by atoms with E-state index in [4.69, 9.17) is 4.74 Å². The molecular formula is C18H19N5O. The Morgan fingerprint density at radius 1 is 1.12 bits per heavy atom. The molecule has 0 aliphatic carbocycles. The highest BCUT2D eigenvalue weighted by Gasteiger charge is 2.32. The second-order valence-electron chi connectivity index (χ2n) is 5.82. The van der Waals surface area contributed by atoms with Gasteiger partial charge in [-0.3, -0.25) is 0 Å². The Kier molecular flexibility index (Phi) is 4.31. The Morgan fingerprint density at radius 2 is 1.96 bits per heavy atom. The van der Waals surface area contributed by atoms with Crippen LogP contribution in [0.1, 0.15) is 23.8 Å². The van der Waals surface area contributed by atoms with E-state index in [1.165, 1.54) is 0 Å². The summed E-state index contributed by atoms with van der Waals surface area (Å²) in [6, 6.07) is 12.4. The molecule has 3 aromatic rings. The van der Waals surface area contributed by atoms with Crippen molar-refractivity contribution in [3.05, 3.63) is 72.6 Å². The summed E-state index contributed by atoms with van der Waals surface area (Å²) in [6.07, 6.45) is 7.99. The molecule has 24 heavy (non-hydrogen) atoms. The van der Waals surface area contributed by atoms with E-state index in [1.54, 1.807) is 6.33 Å². The van der Waals surface area contributed by atoms with E-state index >= 15 is 0 Å². The van der Waals surface area contributed by atoms with Crippen LogP contribution in [-0.4, -0.2) is 32.4 Å². The molecule has 1 fully saturated rings. The molecule has 0 unspecified atom stereocenters. The molecule has 1 aliphatic rings. The number of hydrogen-bond donors (Lipinski definition) is 1. The predicted octanol–water partition coefficient (Wildman–Crippen LogP) is 2.28. The lowest BCUT2D eigenvalue weighted by Crippen LogP contribution is -2.32. The first kappa shape index (κ1) is 15.0. The third-order valence-corrected chi connectivity index (χ3v) is 4.24. The molecule has 0 amide bonds. The second kappa shape index (κ2) is 6.90. The lowest BCUT2D eigenvalue weighted by molar-refractivity contribution is 0.0931. The lowest BCUT2D eigenvalue weighted by atomic mass is 10.1. The van der Waals surface area contributed by atoms with E-state index in [1.807, 2.05) is 47.5 Å². The number of aromatic nitrogens is 4. The van der Waals surface area contributed by atoms with Crippen LogP contribution < -0.4 is 5.32 Å². The van der Waals surface area contributed by atoms with Gasteiger partial charge in [-0.2, -0.15) is 5.10 Å². The standard InChI is InChI=1S/C18H19N5O/c1-2-4-15(5-3-1)23-17(6-8-22-23)18-16(7-9-24-18)21-12-14-10-19-13-20-11-14/h1-6,8,10-11,13,16,18,21H,7,9,12H2/t16-,18-/m0/s1. The van der Waals surface area contributed by atoms with Crippen molar-refractivity contribution in [1.29, 1.82) is 0 Å². The van der Waals surface area contributed by atoms with E-state index in [9.17, 15) is 0 Å². The van der Waals surface area contributed by atoms with Crippen molar-refractivity contribution in [2.24, 2.45) is 0 Å². The van der Waals surface area contributed by atoms with Gasteiger partial charge in [0.25, 0.3) is 0 Å². The Morgan fingerprint density at radius 3 is 2.79 bits per heavy atom. The van der Waals surface area contributed by atoms with Gasteiger partial charge in [0.1, 0.15) is 12.4 Å². The number of ether oxygens (including phenoxy) is 1. The summed E-state index contributed by atoms with van der Waals surface area (Å²) in [5, 5.41) is 8.04. The molecule has 1 saturated heterocycles.